The number of nitrogens with one attached hydrogen (secondary N) is 1. The lowest BCUT2D eigenvalue weighted by atomic mass is 10.1. The van der Waals surface area contributed by atoms with Gasteiger partial charge in [0.2, 0.25) is 0 Å². The number of rotatable bonds is 3. The molecule has 100 valence electrons. The molecule has 7 heteroatoms. The highest BCUT2D eigenvalue weighted by molar-refractivity contribution is 14.1. The summed E-state index contributed by atoms with van der Waals surface area (Å²) >= 11 is 4.90. The summed E-state index contributed by atoms with van der Waals surface area (Å²) in [7, 11) is 0. The lowest BCUT2D eigenvalue weighted by molar-refractivity contribution is 0.0697. The molecular formula is C12H10INO3S2. The number of thiophene rings is 2. The number of hydrogen-bond donors (Lipinski definition) is 2. The summed E-state index contributed by atoms with van der Waals surface area (Å²) in [6.45, 7) is 3.59. The van der Waals surface area contributed by atoms with Crippen LogP contribution in [-0.2, 0) is 0 Å². The minimum absolute atomic E-state index is 0.181. The molecule has 2 heterocycles. The van der Waals surface area contributed by atoms with Gasteiger partial charge in [0, 0.05) is 10.3 Å². The third kappa shape index (κ3) is 2.98. The monoisotopic (exact) mass is 407 g/mol. The number of carbonyl (C=O) groups excluding carboxylic acids is 1. The van der Waals surface area contributed by atoms with E-state index in [0.29, 0.717) is 16.1 Å². The number of aryl methyl sites for hydroxylation is 1. The number of halogens is 1. The molecule has 0 aliphatic heterocycles. The highest BCUT2D eigenvalue weighted by Crippen LogP contribution is 2.32. The van der Waals surface area contributed by atoms with E-state index in [-0.39, 0.29) is 11.5 Å². The molecule has 0 radical (unpaired) electrons. The molecule has 2 aromatic heterocycles. The van der Waals surface area contributed by atoms with Crippen LogP contribution < -0.4 is 5.32 Å². The van der Waals surface area contributed by atoms with E-state index in [1.807, 2.05) is 6.92 Å². The standard InChI is InChI=1S/C12H10INO3S2/c1-5-6(2)19-11(9(5)12(16)17)14-10(15)7-3-8(13)18-4-7/h3-4H,1-2H3,(H,14,15)(H,16,17). The first-order chi connectivity index (χ1) is 8.90. The van der Waals surface area contributed by atoms with Gasteiger partial charge in [-0.2, -0.15) is 0 Å². The summed E-state index contributed by atoms with van der Waals surface area (Å²) < 4.78 is 1.01. The van der Waals surface area contributed by atoms with Crippen molar-refractivity contribution in [3.05, 3.63) is 35.9 Å². The number of carboxylic acid groups (broad SMARTS) is 1. The lowest BCUT2D eigenvalue weighted by Gasteiger charge is -2.02. The molecule has 0 saturated heterocycles. The quantitative estimate of drug-likeness (QED) is 0.757. The van der Waals surface area contributed by atoms with Crippen LogP contribution in [0.4, 0.5) is 5.00 Å². The summed E-state index contributed by atoms with van der Waals surface area (Å²) in [6.07, 6.45) is 0. The molecule has 4 nitrogen and oxygen atoms in total. The van der Waals surface area contributed by atoms with E-state index >= 15 is 0 Å². The SMILES string of the molecule is Cc1sc(NC(=O)c2csc(I)c2)c(C(=O)O)c1C. The Morgan fingerprint density at radius 2 is 2.05 bits per heavy atom. The first-order valence-electron chi connectivity index (χ1n) is 5.28. The number of aromatic carboxylic acids is 1. The highest BCUT2D eigenvalue weighted by Gasteiger charge is 2.21. The summed E-state index contributed by atoms with van der Waals surface area (Å²) in [6, 6.07) is 1.77. The first kappa shape index (κ1) is 14.5. The number of amides is 1. The van der Waals surface area contributed by atoms with Crippen molar-refractivity contribution in [3.63, 3.8) is 0 Å². The average Bonchev–Trinajstić information content (AvgIpc) is 2.85. The number of carboxylic acids is 1. The van der Waals surface area contributed by atoms with Gasteiger partial charge in [-0.1, -0.05) is 0 Å². The zero-order chi connectivity index (χ0) is 14.2. The third-order valence-electron chi connectivity index (χ3n) is 2.66. The maximum absolute atomic E-state index is 12.0. The third-order valence-corrected chi connectivity index (χ3v) is 5.57. The van der Waals surface area contributed by atoms with Crippen LogP contribution in [-0.4, -0.2) is 17.0 Å². The van der Waals surface area contributed by atoms with Gasteiger partial charge in [-0.15, -0.1) is 22.7 Å². The van der Waals surface area contributed by atoms with Gasteiger partial charge in [0.05, 0.1) is 14.0 Å². The summed E-state index contributed by atoms with van der Waals surface area (Å²) in [5, 5.41) is 14.0. The molecule has 0 bridgehead atoms. The van der Waals surface area contributed by atoms with Crippen molar-refractivity contribution in [1.82, 2.24) is 0 Å². The highest BCUT2D eigenvalue weighted by atomic mass is 127. The summed E-state index contributed by atoms with van der Waals surface area (Å²) in [5.41, 5.74) is 1.43. The van der Waals surface area contributed by atoms with E-state index in [1.54, 1.807) is 18.4 Å². The molecule has 0 aromatic carbocycles. The molecular weight excluding hydrogens is 397 g/mol. The van der Waals surface area contributed by atoms with Crippen LogP contribution in [0.25, 0.3) is 0 Å². The largest absolute Gasteiger partial charge is 0.478 e. The minimum Gasteiger partial charge on any atom is -0.478 e. The van der Waals surface area contributed by atoms with Crippen LogP contribution in [0.2, 0.25) is 0 Å². The first-order valence-corrected chi connectivity index (χ1v) is 8.06. The van der Waals surface area contributed by atoms with Crippen molar-refractivity contribution in [1.29, 1.82) is 0 Å². The van der Waals surface area contributed by atoms with E-state index in [1.165, 1.54) is 22.7 Å². The Labute approximate surface area is 131 Å². The van der Waals surface area contributed by atoms with Crippen molar-refractivity contribution in [3.8, 4) is 0 Å². The second-order valence-electron chi connectivity index (χ2n) is 3.89. The Balaban J connectivity index is 2.31. The molecule has 0 unspecified atom stereocenters. The second kappa shape index (κ2) is 5.59. The Morgan fingerprint density at radius 1 is 1.37 bits per heavy atom. The van der Waals surface area contributed by atoms with Gasteiger partial charge in [0.25, 0.3) is 5.91 Å². The Morgan fingerprint density at radius 3 is 2.58 bits per heavy atom. The Hall–Kier alpha value is -0.930. The summed E-state index contributed by atoms with van der Waals surface area (Å²) in [5.74, 6) is -1.29. The molecule has 0 fully saturated rings. The van der Waals surface area contributed by atoms with Crippen LogP contribution >= 0.6 is 45.3 Å². The molecule has 2 aromatic rings. The second-order valence-corrected chi connectivity index (χ2v) is 7.92. The van der Waals surface area contributed by atoms with Gasteiger partial charge in [-0.05, 0) is 48.1 Å². The normalized spacial score (nSPS) is 10.5. The van der Waals surface area contributed by atoms with Crippen molar-refractivity contribution < 1.29 is 14.7 Å². The maximum Gasteiger partial charge on any atom is 0.338 e. The van der Waals surface area contributed by atoms with Gasteiger partial charge in [-0.3, -0.25) is 4.79 Å². The van der Waals surface area contributed by atoms with Gasteiger partial charge < -0.3 is 10.4 Å². The fraction of sp³-hybridized carbons (Fsp3) is 0.167. The molecule has 2 N–H and O–H groups in total. The molecule has 0 spiro atoms. The molecule has 0 saturated carbocycles. The summed E-state index contributed by atoms with van der Waals surface area (Å²) in [4.78, 5) is 24.2. The van der Waals surface area contributed by atoms with Crippen LogP contribution in [0.1, 0.15) is 31.2 Å². The van der Waals surface area contributed by atoms with E-state index in [2.05, 4.69) is 27.9 Å². The van der Waals surface area contributed by atoms with Crippen molar-refractivity contribution in [2.75, 3.05) is 5.32 Å². The van der Waals surface area contributed by atoms with Gasteiger partial charge in [0.1, 0.15) is 5.00 Å². The van der Waals surface area contributed by atoms with Crippen molar-refractivity contribution >= 4 is 62.1 Å². The van der Waals surface area contributed by atoms with Crippen LogP contribution in [0.5, 0.6) is 0 Å². The molecule has 2 rings (SSSR count). The lowest BCUT2D eigenvalue weighted by Crippen LogP contribution is -2.12. The Kier molecular flexibility index (Phi) is 4.26. The van der Waals surface area contributed by atoms with E-state index in [4.69, 9.17) is 0 Å². The predicted octanol–water partition coefficient (Wildman–Crippen LogP) is 3.98. The molecule has 0 aliphatic rings. The van der Waals surface area contributed by atoms with E-state index in [0.717, 1.165) is 7.76 Å². The zero-order valence-corrected chi connectivity index (χ0v) is 13.9. The molecule has 0 aliphatic carbocycles. The van der Waals surface area contributed by atoms with Crippen molar-refractivity contribution in [2.24, 2.45) is 0 Å². The number of carbonyl (C=O) groups is 2. The molecule has 19 heavy (non-hydrogen) atoms. The van der Waals surface area contributed by atoms with E-state index in [9.17, 15) is 14.7 Å². The minimum atomic E-state index is -1.02. The molecule has 1 amide bonds. The fourth-order valence-corrected chi connectivity index (χ4v) is 3.95. The van der Waals surface area contributed by atoms with E-state index < -0.39 is 5.97 Å². The number of anilines is 1. The topological polar surface area (TPSA) is 66.4 Å². The van der Waals surface area contributed by atoms with Crippen molar-refractivity contribution in [2.45, 2.75) is 13.8 Å². The smallest absolute Gasteiger partial charge is 0.338 e. The van der Waals surface area contributed by atoms with Gasteiger partial charge in [-0.25, -0.2) is 4.79 Å². The van der Waals surface area contributed by atoms with Crippen LogP contribution in [0, 0.1) is 16.7 Å². The molecule has 0 atom stereocenters. The maximum atomic E-state index is 12.0. The fourth-order valence-electron chi connectivity index (χ4n) is 1.58. The Bertz CT molecular complexity index is 660. The van der Waals surface area contributed by atoms with Crippen LogP contribution in [0.15, 0.2) is 11.4 Å². The zero-order valence-electron chi connectivity index (χ0n) is 10.1. The van der Waals surface area contributed by atoms with Crippen LogP contribution in [0.3, 0.4) is 0 Å². The predicted molar refractivity (Wildman–Crippen MR) is 85.7 cm³/mol. The van der Waals surface area contributed by atoms with Gasteiger partial charge in [0.15, 0.2) is 0 Å². The average molecular weight is 407 g/mol. The number of hydrogen-bond acceptors (Lipinski definition) is 4. The van der Waals surface area contributed by atoms with Gasteiger partial charge >= 0.3 is 5.97 Å².